The smallest absolute Gasteiger partial charge is 0.325 e. The second-order valence-corrected chi connectivity index (χ2v) is 6.74. The maximum absolute atomic E-state index is 12.8. The summed E-state index contributed by atoms with van der Waals surface area (Å²) in [6, 6.07) is 2.70. The molecule has 1 spiro atoms. The fourth-order valence-electron chi connectivity index (χ4n) is 3.68. The number of hydrogen-bond donors (Lipinski definition) is 2. The Kier molecular flexibility index (Phi) is 4.34. The minimum atomic E-state index is -0.831. The quantitative estimate of drug-likeness (QED) is 0.824. The average Bonchev–Trinajstić information content (AvgIpc) is 3.15. The van der Waals surface area contributed by atoms with Crippen LogP contribution in [0.4, 0.5) is 4.79 Å². The monoisotopic (exact) mass is 333 g/mol. The van der Waals surface area contributed by atoms with E-state index in [1.54, 1.807) is 19.1 Å². The van der Waals surface area contributed by atoms with Crippen LogP contribution in [0.25, 0.3) is 0 Å². The van der Waals surface area contributed by atoms with E-state index in [-0.39, 0.29) is 30.3 Å². The van der Waals surface area contributed by atoms with Crippen molar-refractivity contribution in [3.05, 3.63) is 24.2 Å². The molecular formula is C17H23N3O4. The molecule has 0 radical (unpaired) electrons. The van der Waals surface area contributed by atoms with Crippen molar-refractivity contribution in [2.45, 2.75) is 51.1 Å². The van der Waals surface area contributed by atoms with E-state index in [2.05, 4.69) is 10.6 Å². The van der Waals surface area contributed by atoms with Gasteiger partial charge in [0.05, 0.1) is 12.3 Å². The standard InChI is InChI=1S/C17H23N3O4/c1-11-6-3-4-8-17(11)15(22)20(16(23)19-17)10-14(21)18-12(2)13-7-5-9-24-13/h5,7,9,11-12H,3-4,6,8,10H2,1-2H3,(H,18,21)(H,19,23)/t11-,12+,17+/m1/s1. The molecule has 3 atom stereocenters. The molecule has 0 aromatic carbocycles. The van der Waals surface area contributed by atoms with Crippen LogP contribution in [0.2, 0.25) is 0 Å². The molecule has 1 saturated carbocycles. The van der Waals surface area contributed by atoms with Crippen LogP contribution < -0.4 is 10.6 Å². The maximum Gasteiger partial charge on any atom is 0.325 e. The van der Waals surface area contributed by atoms with Crippen molar-refractivity contribution in [2.75, 3.05) is 6.54 Å². The van der Waals surface area contributed by atoms with Crippen molar-refractivity contribution in [2.24, 2.45) is 5.92 Å². The largest absolute Gasteiger partial charge is 0.467 e. The zero-order chi connectivity index (χ0) is 17.3. The number of nitrogens with one attached hydrogen (secondary N) is 2. The van der Waals surface area contributed by atoms with Crippen molar-refractivity contribution in [3.63, 3.8) is 0 Å². The topological polar surface area (TPSA) is 91.7 Å². The van der Waals surface area contributed by atoms with E-state index in [9.17, 15) is 14.4 Å². The Morgan fingerprint density at radius 2 is 2.29 bits per heavy atom. The van der Waals surface area contributed by atoms with Crippen LogP contribution in [0.3, 0.4) is 0 Å². The van der Waals surface area contributed by atoms with Crippen LogP contribution in [0.15, 0.2) is 22.8 Å². The van der Waals surface area contributed by atoms with E-state index >= 15 is 0 Å². The molecule has 4 amide bonds. The number of hydrogen-bond acceptors (Lipinski definition) is 4. The maximum atomic E-state index is 12.8. The molecule has 1 saturated heterocycles. The van der Waals surface area contributed by atoms with Crippen LogP contribution in [0, 0.1) is 5.92 Å². The van der Waals surface area contributed by atoms with Crippen molar-refractivity contribution in [1.29, 1.82) is 0 Å². The predicted molar refractivity (Wildman–Crippen MR) is 85.9 cm³/mol. The Morgan fingerprint density at radius 1 is 1.50 bits per heavy atom. The Morgan fingerprint density at radius 3 is 2.96 bits per heavy atom. The summed E-state index contributed by atoms with van der Waals surface area (Å²) in [7, 11) is 0. The van der Waals surface area contributed by atoms with Gasteiger partial charge >= 0.3 is 6.03 Å². The van der Waals surface area contributed by atoms with E-state index in [1.807, 2.05) is 6.92 Å². The van der Waals surface area contributed by atoms with Crippen LogP contribution >= 0.6 is 0 Å². The van der Waals surface area contributed by atoms with Gasteiger partial charge in [-0.25, -0.2) is 4.79 Å². The molecule has 1 aromatic rings. The fourth-order valence-corrected chi connectivity index (χ4v) is 3.68. The lowest BCUT2D eigenvalue weighted by Gasteiger charge is -2.36. The van der Waals surface area contributed by atoms with Gasteiger partial charge in [0.15, 0.2) is 0 Å². The van der Waals surface area contributed by atoms with Crippen LogP contribution in [-0.4, -0.2) is 34.8 Å². The fraction of sp³-hybridized carbons (Fsp3) is 0.588. The van der Waals surface area contributed by atoms with Crippen LogP contribution in [-0.2, 0) is 9.59 Å². The third-order valence-electron chi connectivity index (χ3n) is 5.15. The van der Waals surface area contributed by atoms with Gasteiger partial charge < -0.3 is 15.1 Å². The van der Waals surface area contributed by atoms with Gasteiger partial charge in [-0.05, 0) is 37.8 Å². The first-order valence-electron chi connectivity index (χ1n) is 8.41. The summed E-state index contributed by atoms with van der Waals surface area (Å²) in [6.45, 7) is 3.50. The van der Waals surface area contributed by atoms with Crippen molar-refractivity contribution in [3.8, 4) is 0 Å². The first-order chi connectivity index (χ1) is 11.4. The molecule has 1 aromatic heterocycles. The molecule has 2 fully saturated rings. The van der Waals surface area contributed by atoms with Crippen molar-refractivity contribution < 1.29 is 18.8 Å². The van der Waals surface area contributed by atoms with Gasteiger partial charge in [-0.3, -0.25) is 14.5 Å². The third-order valence-corrected chi connectivity index (χ3v) is 5.15. The highest BCUT2D eigenvalue weighted by Crippen LogP contribution is 2.38. The summed E-state index contributed by atoms with van der Waals surface area (Å²) in [5.41, 5.74) is -0.831. The zero-order valence-corrected chi connectivity index (χ0v) is 14.0. The molecule has 2 aliphatic rings. The predicted octanol–water partition coefficient (Wildman–Crippen LogP) is 1.96. The van der Waals surface area contributed by atoms with Gasteiger partial charge in [-0.1, -0.05) is 19.8 Å². The van der Waals surface area contributed by atoms with Gasteiger partial charge in [0.1, 0.15) is 17.8 Å². The minimum Gasteiger partial charge on any atom is -0.467 e. The lowest BCUT2D eigenvalue weighted by Crippen LogP contribution is -2.54. The molecule has 2 N–H and O–H groups in total. The molecule has 7 heteroatoms. The highest BCUT2D eigenvalue weighted by atomic mass is 16.3. The molecule has 0 unspecified atom stereocenters. The second kappa shape index (κ2) is 6.30. The Bertz CT molecular complexity index is 642. The van der Waals surface area contributed by atoms with E-state index in [1.165, 1.54) is 6.26 Å². The molecule has 0 bridgehead atoms. The molecule has 3 rings (SSSR count). The van der Waals surface area contributed by atoms with Gasteiger partial charge in [0.25, 0.3) is 5.91 Å². The highest BCUT2D eigenvalue weighted by Gasteiger charge is 2.55. The van der Waals surface area contributed by atoms with E-state index in [4.69, 9.17) is 4.42 Å². The third kappa shape index (κ3) is 2.79. The number of nitrogens with zero attached hydrogens (tertiary/aromatic N) is 1. The lowest BCUT2D eigenvalue weighted by atomic mass is 9.73. The number of rotatable bonds is 4. The summed E-state index contributed by atoms with van der Waals surface area (Å²) in [4.78, 5) is 38.3. The van der Waals surface area contributed by atoms with Crippen molar-refractivity contribution in [1.82, 2.24) is 15.5 Å². The molecular weight excluding hydrogens is 310 g/mol. The summed E-state index contributed by atoms with van der Waals surface area (Å²) < 4.78 is 5.24. The van der Waals surface area contributed by atoms with Gasteiger partial charge in [0, 0.05) is 0 Å². The number of furan rings is 1. The first kappa shape index (κ1) is 16.5. The SMILES string of the molecule is C[C@H](NC(=O)CN1C(=O)N[C@]2(CCCC[C@H]2C)C1=O)c1ccco1. The normalized spacial score (nSPS) is 28.1. The van der Waals surface area contributed by atoms with Gasteiger partial charge in [-0.2, -0.15) is 0 Å². The van der Waals surface area contributed by atoms with E-state index < -0.39 is 11.6 Å². The number of amides is 4. The lowest BCUT2D eigenvalue weighted by molar-refractivity contribution is -0.137. The Hall–Kier alpha value is -2.31. The summed E-state index contributed by atoms with van der Waals surface area (Å²) >= 11 is 0. The molecule has 2 heterocycles. The summed E-state index contributed by atoms with van der Waals surface area (Å²) in [5.74, 6) is 0.0409. The second-order valence-electron chi connectivity index (χ2n) is 6.74. The summed E-state index contributed by atoms with van der Waals surface area (Å²) in [6.07, 6.45) is 5.05. The molecule has 1 aliphatic carbocycles. The minimum absolute atomic E-state index is 0.0813. The highest BCUT2D eigenvalue weighted by molar-refractivity contribution is 6.09. The van der Waals surface area contributed by atoms with Crippen LogP contribution in [0.5, 0.6) is 0 Å². The number of carbonyl (C=O) groups excluding carboxylic acids is 3. The molecule has 24 heavy (non-hydrogen) atoms. The average molecular weight is 333 g/mol. The number of imide groups is 1. The molecule has 7 nitrogen and oxygen atoms in total. The van der Waals surface area contributed by atoms with Crippen molar-refractivity contribution >= 4 is 17.8 Å². The zero-order valence-electron chi connectivity index (χ0n) is 14.0. The summed E-state index contributed by atoms with van der Waals surface area (Å²) in [5, 5.41) is 5.59. The molecule has 1 aliphatic heterocycles. The number of urea groups is 1. The first-order valence-corrected chi connectivity index (χ1v) is 8.41. The Balaban J connectivity index is 1.65. The van der Waals surface area contributed by atoms with E-state index in [0.29, 0.717) is 12.2 Å². The van der Waals surface area contributed by atoms with E-state index in [0.717, 1.165) is 24.2 Å². The Labute approximate surface area is 140 Å². The van der Waals surface area contributed by atoms with Gasteiger partial charge in [-0.15, -0.1) is 0 Å². The van der Waals surface area contributed by atoms with Gasteiger partial charge in [0.2, 0.25) is 5.91 Å². The molecule has 130 valence electrons. The number of carbonyl (C=O) groups is 3. The van der Waals surface area contributed by atoms with Crippen LogP contribution in [0.1, 0.15) is 51.3 Å².